The van der Waals surface area contributed by atoms with Crippen LogP contribution in [0.2, 0.25) is 0 Å². The van der Waals surface area contributed by atoms with Gasteiger partial charge in [0.15, 0.2) is 6.10 Å². The van der Waals surface area contributed by atoms with Crippen LogP contribution in [0.1, 0.15) is 70.8 Å². The van der Waals surface area contributed by atoms with E-state index in [1.54, 1.807) is 65.8 Å². The summed E-state index contributed by atoms with van der Waals surface area (Å²) < 4.78 is 23.7. The Bertz CT molecular complexity index is 1160. The second-order valence-electron chi connectivity index (χ2n) is 10.5. The van der Waals surface area contributed by atoms with Crippen molar-refractivity contribution in [3.8, 4) is 0 Å². The Labute approximate surface area is 216 Å². The molecular formula is C28H33FN2O6. The highest BCUT2D eigenvalue weighted by molar-refractivity contribution is 6.01. The van der Waals surface area contributed by atoms with Crippen molar-refractivity contribution in [2.24, 2.45) is 5.16 Å². The third-order valence-electron chi connectivity index (χ3n) is 4.88. The number of oxime groups is 1. The summed E-state index contributed by atoms with van der Waals surface area (Å²) in [5.41, 5.74) is 1.78. The van der Waals surface area contributed by atoms with Gasteiger partial charge in [-0.1, -0.05) is 47.6 Å². The van der Waals surface area contributed by atoms with Gasteiger partial charge < -0.3 is 14.3 Å². The minimum absolute atomic E-state index is 0.0604. The van der Waals surface area contributed by atoms with Gasteiger partial charge in [-0.25, -0.2) is 14.0 Å². The zero-order chi connectivity index (χ0) is 27.2. The molecule has 8 nitrogen and oxygen atoms in total. The summed E-state index contributed by atoms with van der Waals surface area (Å²) >= 11 is 0. The molecule has 37 heavy (non-hydrogen) atoms. The topological polar surface area (TPSA) is 86.7 Å². The van der Waals surface area contributed by atoms with E-state index >= 15 is 0 Å². The number of ether oxygens (including phenoxy) is 2. The maximum absolute atomic E-state index is 13.2. The first kappa shape index (κ1) is 27.7. The van der Waals surface area contributed by atoms with Crippen LogP contribution in [0, 0.1) is 5.82 Å². The first-order chi connectivity index (χ1) is 17.3. The fraction of sp³-hybridized carbons (Fsp3) is 0.393. The van der Waals surface area contributed by atoms with Crippen molar-refractivity contribution in [2.45, 2.75) is 65.3 Å². The summed E-state index contributed by atoms with van der Waals surface area (Å²) in [7, 11) is 0. The number of rotatable bonds is 5. The highest BCUT2D eigenvalue weighted by Gasteiger charge is 2.27. The molecule has 0 radical (unpaired) electrons. The molecule has 2 aromatic rings. The summed E-state index contributed by atoms with van der Waals surface area (Å²) in [6.07, 6.45) is 1.90. The molecule has 0 aliphatic carbocycles. The van der Waals surface area contributed by atoms with Gasteiger partial charge in [-0.2, -0.15) is 0 Å². The Kier molecular flexibility index (Phi) is 8.57. The highest BCUT2D eigenvalue weighted by atomic mass is 19.1. The monoisotopic (exact) mass is 512 g/mol. The highest BCUT2D eigenvalue weighted by Crippen LogP contribution is 2.30. The fourth-order valence-electron chi connectivity index (χ4n) is 3.33. The van der Waals surface area contributed by atoms with E-state index in [1.807, 2.05) is 24.3 Å². The number of amides is 1. The molecule has 3 rings (SSSR count). The van der Waals surface area contributed by atoms with E-state index in [9.17, 15) is 14.0 Å². The van der Waals surface area contributed by atoms with E-state index in [1.165, 1.54) is 12.1 Å². The Morgan fingerprint density at radius 3 is 2.38 bits per heavy atom. The smallest absolute Gasteiger partial charge is 0.442 e. The molecule has 1 amide bonds. The minimum Gasteiger partial charge on any atom is -0.442 e. The van der Waals surface area contributed by atoms with Crippen LogP contribution in [0.25, 0.3) is 6.08 Å². The third kappa shape index (κ3) is 8.93. The van der Waals surface area contributed by atoms with Gasteiger partial charge in [-0.15, -0.1) is 5.06 Å². The molecule has 9 heteroatoms. The lowest BCUT2D eigenvalue weighted by Crippen LogP contribution is -2.39. The van der Waals surface area contributed by atoms with Crippen molar-refractivity contribution in [3.05, 3.63) is 77.1 Å². The molecule has 1 heterocycles. The van der Waals surface area contributed by atoms with Crippen LogP contribution in [0.4, 0.5) is 14.0 Å². The molecule has 2 aromatic carbocycles. The number of carbonyl (C=O) groups is 2. The summed E-state index contributed by atoms with van der Waals surface area (Å²) in [6.45, 7) is 10.2. The van der Waals surface area contributed by atoms with Crippen LogP contribution in [0.15, 0.2) is 59.8 Å². The Hall–Kier alpha value is -3.88. The molecule has 0 bridgehead atoms. The standard InChI is InChI=1S/C28H33FN2O6/c1-27(2,3)34-25(32)31(37-26(33)35-28(4,5)6)16-8-10-19-9-7-11-21(17-19)23-18-24(36-30-23)20-12-14-22(29)15-13-20/h7-15,17,24H,16,18H2,1-6H3. The molecular weight excluding hydrogens is 479 g/mol. The van der Waals surface area contributed by atoms with E-state index in [4.69, 9.17) is 19.1 Å². The molecule has 198 valence electrons. The van der Waals surface area contributed by atoms with Gasteiger partial charge in [-0.3, -0.25) is 4.84 Å². The SMILES string of the molecule is CC(C)(C)OC(=O)ON(CC=Cc1cccc(C2=NOC(c3ccc(F)cc3)C2)c1)C(=O)OC(C)(C)C. The first-order valence-corrected chi connectivity index (χ1v) is 12.0. The second kappa shape index (κ2) is 11.5. The summed E-state index contributed by atoms with van der Waals surface area (Å²) in [4.78, 5) is 35.4. The van der Waals surface area contributed by atoms with Crippen molar-refractivity contribution in [3.63, 3.8) is 0 Å². The van der Waals surface area contributed by atoms with Gasteiger partial charge in [0.05, 0.1) is 12.3 Å². The average Bonchev–Trinajstić information content (AvgIpc) is 3.27. The third-order valence-corrected chi connectivity index (χ3v) is 4.88. The molecule has 1 aliphatic rings. The zero-order valence-electron chi connectivity index (χ0n) is 22.0. The van der Waals surface area contributed by atoms with E-state index in [0.29, 0.717) is 6.42 Å². The molecule has 0 N–H and O–H groups in total. The number of hydrogen-bond donors (Lipinski definition) is 0. The summed E-state index contributed by atoms with van der Waals surface area (Å²) in [6, 6.07) is 13.8. The largest absolute Gasteiger partial charge is 0.534 e. The van der Waals surface area contributed by atoms with Crippen molar-refractivity contribution in [2.75, 3.05) is 6.54 Å². The molecule has 0 spiro atoms. The van der Waals surface area contributed by atoms with Crippen LogP contribution < -0.4 is 0 Å². The van der Waals surface area contributed by atoms with Crippen molar-refractivity contribution in [1.82, 2.24) is 5.06 Å². The number of halogens is 1. The number of carbonyl (C=O) groups excluding carboxylic acids is 2. The van der Waals surface area contributed by atoms with Crippen LogP contribution in [0.5, 0.6) is 0 Å². The lowest BCUT2D eigenvalue weighted by Gasteiger charge is -2.26. The maximum Gasteiger partial charge on any atom is 0.534 e. The molecule has 0 fully saturated rings. The molecule has 0 aromatic heterocycles. The minimum atomic E-state index is -1.01. The average molecular weight is 513 g/mol. The number of nitrogens with zero attached hydrogens (tertiary/aromatic N) is 2. The van der Waals surface area contributed by atoms with Crippen LogP contribution in [-0.4, -0.2) is 40.8 Å². The molecule has 0 saturated carbocycles. The predicted molar refractivity (Wildman–Crippen MR) is 137 cm³/mol. The van der Waals surface area contributed by atoms with Gasteiger partial charge in [0.25, 0.3) is 0 Å². The van der Waals surface area contributed by atoms with E-state index in [0.717, 1.165) is 27.5 Å². The van der Waals surface area contributed by atoms with Crippen LogP contribution in [-0.2, 0) is 19.1 Å². The molecule has 0 saturated heterocycles. The van der Waals surface area contributed by atoms with Crippen molar-refractivity contribution >= 4 is 24.0 Å². The van der Waals surface area contributed by atoms with E-state index in [-0.39, 0.29) is 18.5 Å². The van der Waals surface area contributed by atoms with Crippen LogP contribution in [0.3, 0.4) is 0 Å². The zero-order valence-corrected chi connectivity index (χ0v) is 22.0. The number of benzene rings is 2. The predicted octanol–water partition coefficient (Wildman–Crippen LogP) is 6.81. The van der Waals surface area contributed by atoms with Crippen molar-refractivity contribution in [1.29, 1.82) is 0 Å². The molecule has 1 atom stereocenters. The Morgan fingerprint density at radius 1 is 1.05 bits per heavy atom. The molecule has 1 aliphatic heterocycles. The fourth-order valence-corrected chi connectivity index (χ4v) is 3.33. The van der Waals surface area contributed by atoms with Gasteiger partial charge in [0.1, 0.15) is 17.0 Å². The first-order valence-electron chi connectivity index (χ1n) is 12.0. The van der Waals surface area contributed by atoms with E-state index in [2.05, 4.69) is 5.16 Å². The second-order valence-corrected chi connectivity index (χ2v) is 10.5. The van der Waals surface area contributed by atoms with Gasteiger partial charge in [0, 0.05) is 12.0 Å². The number of hydroxylamine groups is 2. The van der Waals surface area contributed by atoms with E-state index < -0.39 is 23.5 Å². The Balaban J connectivity index is 1.66. The van der Waals surface area contributed by atoms with Gasteiger partial charge >= 0.3 is 12.2 Å². The quantitative estimate of drug-likeness (QED) is 0.323. The van der Waals surface area contributed by atoms with Gasteiger partial charge in [0.2, 0.25) is 0 Å². The normalized spacial score (nSPS) is 15.6. The number of hydrogen-bond acceptors (Lipinski definition) is 7. The molecule has 1 unspecified atom stereocenters. The summed E-state index contributed by atoms with van der Waals surface area (Å²) in [5, 5.41) is 5.02. The van der Waals surface area contributed by atoms with Crippen molar-refractivity contribution < 1.29 is 33.1 Å². The lowest BCUT2D eigenvalue weighted by atomic mass is 9.99. The Morgan fingerprint density at radius 2 is 1.73 bits per heavy atom. The maximum atomic E-state index is 13.2. The summed E-state index contributed by atoms with van der Waals surface area (Å²) in [5.74, 6) is -0.302. The van der Waals surface area contributed by atoms with Crippen LogP contribution >= 0.6 is 0 Å². The van der Waals surface area contributed by atoms with Gasteiger partial charge in [-0.05, 0) is 70.9 Å². The lowest BCUT2D eigenvalue weighted by molar-refractivity contribution is -0.130.